The summed E-state index contributed by atoms with van der Waals surface area (Å²) in [6.07, 6.45) is 0. The van der Waals surface area contributed by atoms with Gasteiger partial charge >= 0.3 is 299 Å². The third kappa shape index (κ3) is 12.1. The maximum atomic E-state index is 13.8. The molecular formula is C69H88O3P2. The van der Waals surface area contributed by atoms with E-state index in [2.05, 4.69) is 279 Å². The van der Waals surface area contributed by atoms with Gasteiger partial charge < -0.3 is 0 Å². The summed E-state index contributed by atoms with van der Waals surface area (Å²) in [7, 11) is -5.25. The van der Waals surface area contributed by atoms with Crippen LogP contribution in [0.25, 0.3) is 22.3 Å². The number of hydrogen-bond acceptors (Lipinski definition) is 3. The fourth-order valence-corrected chi connectivity index (χ4v) is 15.5. The van der Waals surface area contributed by atoms with E-state index in [9.17, 15) is 4.89 Å². The van der Waals surface area contributed by atoms with Crippen molar-refractivity contribution in [3.8, 4) is 33.8 Å². The number of benzene rings is 7. The van der Waals surface area contributed by atoms with Crippen LogP contribution in [0.15, 0.2) is 140 Å². The van der Waals surface area contributed by atoms with Gasteiger partial charge in [-0.05, 0) is 57.8 Å². The molecule has 0 aromatic heterocycles. The fourth-order valence-electron chi connectivity index (χ4n) is 10.7. The van der Waals surface area contributed by atoms with E-state index in [1.165, 1.54) is 50.1 Å². The zero-order valence-corrected chi connectivity index (χ0v) is 50.9. The molecule has 0 amide bonds. The molecular weight excluding hydrogens is 939 g/mol. The van der Waals surface area contributed by atoms with Gasteiger partial charge in [0.05, 0.1) is 0 Å². The third-order valence-corrected chi connectivity index (χ3v) is 19.7. The van der Waals surface area contributed by atoms with E-state index >= 15 is 0 Å². The monoisotopic (exact) mass is 1030 g/mol. The summed E-state index contributed by atoms with van der Waals surface area (Å²) in [5.41, 5.74) is 14.9. The van der Waals surface area contributed by atoms with Crippen molar-refractivity contribution in [2.75, 3.05) is 0 Å². The molecule has 392 valence electrons. The average Bonchev–Trinajstić information content (AvgIpc) is 3.29. The smallest absolute Gasteiger partial charge is 0.0561 e. The van der Waals surface area contributed by atoms with Gasteiger partial charge in [0.1, 0.15) is 0 Å². The molecule has 7 aromatic carbocycles. The molecule has 0 atom stereocenters. The van der Waals surface area contributed by atoms with E-state index in [1.807, 2.05) is 6.07 Å². The zero-order valence-electron chi connectivity index (χ0n) is 49.0. The first-order valence-electron chi connectivity index (χ1n) is 26.8. The van der Waals surface area contributed by atoms with Crippen molar-refractivity contribution in [3.63, 3.8) is 0 Å². The number of rotatable bonds is 10. The number of hydrogen-bond donors (Lipinski definition) is 1. The second kappa shape index (κ2) is 20.5. The van der Waals surface area contributed by atoms with E-state index in [4.69, 9.17) is 9.05 Å². The topological polar surface area (TPSA) is 38.7 Å². The van der Waals surface area contributed by atoms with Crippen molar-refractivity contribution in [2.24, 2.45) is 0 Å². The summed E-state index contributed by atoms with van der Waals surface area (Å²) >= 11 is 0. The molecule has 5 heteroatoms. The zero-order chi connectivity index (χ0) is 54.7. The first-order valence-corrected chi connectivity index (χ1v) is 29.9. The van der Waals surface area contributed by atoms with Crippen LogP contribution in [0, 0.1) is 20.8 Å². The van der Waals surface area contributed by atoms with Crippen LogP contribution < -0.4 is 30.3 Å². The fraction of sp³-hybridized carbons (Fsp3) is 0.391. The second-order valence-corrected chi connectivity index (χ2v) is 31.8. The summed E-state index contributed by atoms with van der Waals surface area (Å²) < 4.78 is 14.6. The van der Waals surface area contributed by atoms with Crippen LogP contribution in [-0.2, 0) is 32.5 Å². The van der Waals surface area contributed by atoms with Gasteiger partial charge in [0.2, 0.25) is 0 Å². The van der Waals surface area contributed by atoms with Crippen molar-refractivity contribution >= 4 is 37.1 Å². The summed E-state index contributed by atoms with van der Waals surface area (Å²) in [5.74, 6) is 1.72. The van der Waals surface area contributed by atoms with Crippen molar-refractivity contribution < 1.29 is 13.9 Å². The molecule has 7 rings (SSSR count). The van der Waals surface area contributed by atoms with E-state index in [0.717, 1.165) is 55.0 Å². The van der Waals surface area contributed by atoms with Crippen molar-refractivity contribution in [1.82, 2.24) is 0 Å². The first-order chi connectivity index (χ1) is 34.1. The Morgan fingerprint density at radius 2 is 0.635 bits per heavy atom. The normalized spacial score (nSPS) is 13.3. The van der Waals surface area contributed by atoms with E-state index < -0.39 is 15.9 Å². The second-order valence-electron chi connectivity index (χ2n) is 27.3. The molecule has 0 unspecified atom stereocenters. The molecule has 0 radical (unpaired) electrons. The molecule has 1 N–H and O–H groups in total. The van der Waals surface area contributed by atoms with Gasteiger partial charge in [-0.1, -0.05) is 95.2 Å². The Labute approximate surface area is 449 Å². The van der Waals surface area contributed by atoms with Crippen LogP contribution >= 0.6 is 15.9 Å². The summed E-state index contributed by atoms with van der Waals surface area (Å²) in [4.78, 5) is 13.8. The standard InChI is InChI=1S/C69H88O3P2/c1-45-39-61(58(67(13,14)15)42-55(45)64(4,5)6)71-73(72-62-40-46(2)56(65(7,8)9)43-59(62)68(16,17)18)52-33-27-49(28-34-52)51-31-37-54(38-32-51)74(70,53-35-29-50(30-36-53)48-25-23-22-24-26-48)63-41-47(3)57(66(10,11)12)44-60(63)69(19,20)21/h22-44,70,74H,1-21H3. The van der Waals surface area contributed by atoms with Gasteiger partial charge in [0, 0.05) is 0 Å². The molecule has 74 heavy (non-hydrogen) atoms. The van der Waals surface area contributed by atoms with Crippen molar-refractivity contribution in [1.29, 1.82) is 0 Å². The summed E-state index contributed by atoms with van der Waals surface area (Å²) in [5, 5.41) is 3.95. The molecule has 0 saturated carbocycles. The Kier molecular flexibility index (Phi) is 15.7. The van der Waals surface area contributed by atoms with Crippen LogP contribution in [0.2, 0.25) is 0 Å². The molecule has 0 heterocycles. The SMILES string of the molecule is Cc1cc(OP(Oc2cc(C)c(C(C)(C)C)cc2C(C)(C)C)c2ccc(-c3ccc([PH](O)(c4ccc(-c5ccccc5)cc4)c4cc(C)c(C(C)(C)C)cc4C(C)(C)C)cc3)cc2)c(C(C)(C)C)cc1C(C)(C)C. The third-order valence-electron chi connectivity index (χ3n) is 14.7. The van der Waals surface area contributed by atoms with Gasteiger partial charge in [0.15, 0.2) is 0 Å². The van der Waals surface area contributed by atoms with E-state index in [1.54, 1.807) is 0 Å². The molecule has 0 saturated heterocycles. The molecule has 0 fully saturated rings. The molecule has 0 aliphatic rings. The first kappa shape index (κ1) is 56.7. The predicted molar refractivity (Wildman–Crippen MR) is 327 cm³/mol. The van der Waals surface area contributed by atoms with Crippen molar-refractivity contribution in [2.45, 2.75) is 178 Å². The Bertz CT molecular complexity index is 3020. The minimum atomic E-state index is -3.60. The Morgan fingerprint density at radius 3 is 0.973 bits per heavy atom. The van der Waals surface area contributed by atoms with E-state index in [-0.39, 0.29) is 32.5 Å². The molecule has 3 nitrogen and oxygen atoms in total. The Balaban J connectivity index is 1.34. The Hall–Kier alpha value is -5.04. The maximum absolute atomic E-state index is 13.8. The van der Waals surface area contributed by atoms with Gasteiger partial charge in [0.25, 0.3) is 0 Å². The molecule has 0 aliphatic carbocycles. The van der Waals surface area contributed by atoms with Crippen LogP contribution in [0.4, 0.5) is 0 Å². The molecule has 0 spiro atoms. The molecule has 7 aromatic rings. The minimum absolute atomic E-state index is 0.0209. The Morgan fingerprint density at radius 1 is 0.338 bits per heavy atom. The van der Waals surface area contributed by atoms with Crippen LogP contribution in [0.3, 0.4) is 0 Å². The number of aryl methyl sites for hydroxylation is 3. The van der Waals surface area contributed by atoms with Gasteiger partial charge in [-0.15, -0.1) is 0 Å². The predicted octanol–water partition coefficient (Wildman–Crippen LogP) is 17.8. The van der Waals surface area contributed by atoms with Gasteiger partial charge in [-0.3, -0.25) is 0 Å². The van der Waals surface area contributed by atoms with E-state index in [0.29, 0.717) is 0 Å². The molecule has 0 bridgehead atoms. The minimum Gasteiger partial charge on any atom is -0.0561 e. The summed E-state index contributed by atoms with van der Waals surface area (Å²) in [6.45, 7) is 47.6. The molecule has 0 aliphatic heterocycles. The quantitative estimate of drug-likeness (QED) is 0.139. The van der Waals surface area contributed by atoms with Gasteiger partial charge in [-0.2, -0.15) is 0 Å². The van der Waals surface area contributed by atoms with Crippen LogP contribution in [0.5, 0.6) is 11.5 Å². The average molecular weight is 1030 g/mol. The van der Waals surface area contributed by atoms with Crippen LogP contribution in [0.1, 0.15) is 175 Å². The van der Waals surface area contributed by atoms with Crippen LogP contribution in [-0.4, -0.2) is 4.89 Å². The summed E-state index contributed by atoms with van der Waals surface area (Å²) in [6, 6.07) is 50.5. The van der Waals surface area contributed by atoms with Gasteiger partial charge in [-0.25, -0.2) is 0 Å². The van der Waals surface area contributed by atoms with Crippen molar-refractivity contribution in [3.05, 3.63) is 190 Å².